The van der Waals surface area contributed by atoms with E-state index < -0.39 is 0 Å². The number of rotatable bonds is 5. The first-order valence-corrected chi connectivity index (χ1v) is 9.04. The van der Waals surface area contributed by atoms with Crippen LogP contribution >= 0.6 is 0 Å². The van der Waals surface area contributed by atoms with Gasteiger partial charge in [0.2, 0.25) is 11.8 Å². The van der Waals surface area contributed by atoms with Crippen molar-refractivity contribution in [2.75, 3.05) is 35.8 Å². The van der Waals surface area contributed by atoms with Crippen LogP contribution in [0.5, 0.6) is 0 Å². The summed E-state index contributed by atoms with van der Waals surface area (Å²) in [5.41, 5.74) is 3.48. The number of para-hydroxylation sites is 1. The molecule has 144 valence electrons. The summed E-state index contributed by atoms with van der Waals surface area (Å²) in [5, 5.41) is 2.96. The van der Waals surface area contributed by atoms with E-state index in [0.29, 0.717) is 5.69 Å². The zero-order valence-electron chi connectivity index (χ0n) is 17.0. The van der Waals surface area contributed by atoms with Gasteiger partial charge in [-0.3, -0.25) is 9.59 Å². The summed E-state index contributed by atoms with van der Waals surface area (Å²) < 4.78 is 0. The van der Waals surface area contributed by atoms with Crippen LogP contribution in [0.25, 0.3) is 0 Å². The molecule has 2 aromatic carbocycles. The molecule has 0 radical (unpaired) electrons. The Balaban J connectivity index is 2.18. The lowest BCUT2D eigenvalue weighted by Gasteiger charge is -2.25. The van der Waals surface area contributed by atoms with E-state index in [-0.39, 0.29) is 23.8 Å². The number of anilines is 3. The maximum Gasteiger partial charge on any atom is 0.244 e. The average Bonchev–Trinajstić information content (AvgIpc) is 2.59. The highest BCUT2D eigenvalue weighted by molar-refractivity contribution is 6.02. The van der Waals surface area contributed by atoms with Crippen molar-refractivity contribution in [1.82, 2.24) is 0 Å². The molecule has 0 saturated heterocycles. The van der Waals surface area contributed by atoms with Gasteiger partial charge >= 0.3 is 0 Å². The lowest BCUT2D eigenvalue weighted by molar-refractivity contribution is -0.120. The van der Waals surface area contributed by atoms with E-state index in [2.05, 4.69) is 26.1 Å². The minimum atomic E-state index is -0.224. The predicted octanol–water partition coefficient (Wildman–Crippen LogP) is 4.04. The van der Waals surface area contributed by atoms with Crippen molar-refractivity contribution >= 4 is 28.9 Å². The van der Waals surface area contributed by atoms with Gasteiger partial charge in [0, 0.05) is 38.1 Å². The van der Waals surface area contributed by atoms with Crippen LogP contribution in [0, 0.1) is 0 Å². The molecular weight excluding hydrogens is 338 g/mol. The summed E-state index contributed by atoms with van der Waals surface area (Å²) in [4.78, 5) is 28.2. The Morgan fingerprint density at radius 1 is 0.926 bits per heavy atom. The van der Waals surface area contributed by atoms with Crippen LogP contribution in [-0.4, -0.2) is 32.5 Å². The number of hydrogen-bond acceptors (Lipinski definition) is 3. The molecule has 0 fully saturated rings. The van der Waals surface area contributed by atoms with Gasteiger partial charge in [-0.1, -0.05) is 39.0 Å². The molecule has 0 aromatic heterocycles. The monoisotopic (exact) mass is 367 g/mol. The minimum Gasteiger partial charge on any atom is -0.378 e. The van der Waals surface area contributed by atoms with Gasteiger partial charge in [0.25, 0.3) is 0 Å². The first-order valence-electron chi connectivity index (χ1n) is 9.04. The molecule has 0 spiro atoms. The maximum atomic E-state index is 12.6. The van der Waals surface area contributed by atoms with Crippen LogP contribution < -0.4 is 15.1 Å². The van der Waals surface area contributed by atoms with Crippen molar-refractivity contribution in [3.05, 3.63) is 54.1 Å². The second kappa shape index (κ2) is 8.25. The summed E-state index contributed by atoms with van der Waals surface area (Å²) in [6.45, 7) is 7.75. The molecule has 0 heterocycles. The largest absolute Gasteiger partial charge is 0.378 e. The topological polar surface area (TPSA) is 52.7 Å². The van der Waals surface area contributed by atoms with E-state index in [1.54, 1.807) is 0 Å². The smallest absolute Gasteiger partial charge is 0.244 e. The summed E-state index contributed by atoms with van der Waals surface area (Å²) in [6.07, 6.45) is 0. The molecule has 0 aliphatic carbocycles. The highest BCUT2D eigenvalue weighted by Crippen LogP contribution is 2.29. The molecule has 0 bridgehead atoms. The quantitative estimate of drug-likeness (QED) is 0.868. The SMILES string of the molecule is CC(=O)N(CC(=O)Nc1ccccc1C(C)(C)C)c1ccc(N(C)C)cc1. The lowest BCUT2D eigenvalue weighted by atomic mass is 9.86. The molecule has 0 aliphatic rings. The number of carbonyl (C=O) groups is 2. The molecular formula is C22H29N3O2. The maximum absolute atomic E-state index is 12.6. The van der Waals surface area contributed by atoms with E-state index in [9.17, 15) is 9.59 Å². The molecule has 5 heteroatoms. The average molecular weight is 367 g/mol. The molecule has 2 rings (SSSR count). The predicted molar refractivity (Wildman–Crippen MR) is 113 cm³/mol. The van der Waals surface area contributed by atoms with Gasteiger partial charge in [0.1, 0.15) is 6.54 Å². The standard InChI is InChI=1S/C22H29N3O2/c1-16(26)25(18-13-11-17(12-14-18)24(5)6)15-21(27)23-20-10-8-7-9-19(20)22(2,3)4/h7-14H,15H2,1-6H3,(H,23,27). The number of nitrogens with zero attached hydrogens (tertiary/aromatic N) is 2. The fraction of sp³-hybridized carbons (Fsp3) is 0.364. The first-order chi connectivity index (χ1) is 12.6. The Morgan fingerprint density at radius 3 is 2.00 bits per heavy atom. The Kier molecular flexibility index (Phi) is 6.26. The third-order valence-corrected chi connectivity index (χ3v) is 4.37. The van der Waals surface area contributed by atoms with E-state index >= 15 is 0 Å². The second-order valence-corrected chi connectivity index (χ2v) is 7.86. The van der Waals surface area contributed by atoms with Crippen LogP contribution in [0.3, 0.4) is 0 Å². The first kappa shape index (κ1) is 20.5. The Morgan fingerprint density at radius 2 is 1.48 bits per heavy atom. The highest BCUT2D eigenvalue weighted by atomic mass is 16.2. The van der Waals surface area contributed by atoms with Crippen LogP contribution in [0.1, 0.15) is 33.3 Å². The highest BCUT2D eigenvalue weighted by Gasteiger charge is 2.20. The molecule has 27 heavy (non-hydrogen) atoms. The lowest BCUT2D eigenvalue weighted by Crippen LogP contribution is -2.37. The van der Waals surface area contributed by atoms with Crippen LogP contribution in [0.2, 0.25) is 0 Å². The number of hydrogen-bond donors (Lipinski definition) is 1. The Bertz CT molecular complexity index is 805. The fourth-order valence-electron chi connectivity index (χ4n) is 2.89. The van der Waals surface area contributed by atoms with Crippen molar-refractivity contribution in [3.63, 3.8) is 0 Å². The van der Waals surface area contributed by atoms with Gasteiger partial charge in [-0.15, -0.1) is 0 Å². The van der Waals surface area contributed by atoms with E-state index in [0.717, 1.165) is 16.9 Å². The number of carbonyl (C=O) groups excluding carboxylic acids is 2. The molecule has 2 aromatic rings. The summed E-state index contributed by atoms with van der Waals surface area (Å²) in [7, 11) is 3.91. The summed E-state index contributed by atoms with van der Waals surface area (Å²) >= 11 is 0. The zero-order chi connectivity index (χ0) is 20.2. The van der Waals surface area contributed by atoms with E-state index in [1.165, 1.54) is 11.8 Å². The van der Waals surface area contributed by atoms with Crippen LogP contribution in [0.4, 0.5) is 17.1 Å². The summed E-state index contributed by atoms with van der Waals surface area (Å²) in [5.74, 6) is -0.398. The molecule has 2 amide bonds. The van der Waals surface area contributed by atoms with Crippen molar-refractivity contribution < 1.29 is 9.59 Å². The van der Waals surface area contributed by atoms with Crippen molar-refractivity contribution in [2.24, 2.45) is 0 Å². The number of amides is 2. The molecule has 0 aliphatic heterocycles. The Labute approximate surface area is 162 Å². The fourth-order valence-corrected chi connectivity index (χ4v) is 2.89. The molecule has 0 unspecified atom stereocenters. The summed E-state index contributed by atoms with van der Waals surface area (Å²) in [6, 6.07) is 15.3. The molecule has 1 N–H and O–H groups in total. The number of nitrogens with one attached hydrogen (secondary N) is 1. The third-order valence-electron chi connectivity index (χ3n) is 4.37. The van der Waals surface area contributed by atoms with Crippen LogP contribution in [-0.2, 0) is 15.0 Å². The molecule has 0 saturated carbocycles. The van der Waals surface area contributed by atoms with Crippen molar-refractivity contribution in [2.45, 2.75) is 33.1 Å². The van der Waals surface area contributed by atoms with E-state index in [4.69, 9.17) is 0 Å². The molecule has 0 atom stereocenters. The van der Waals surface area contributed by atoms with Crippen molar-refractivity contribution in [3.8, 4) is 0 Å². The van der Waals surface area contributed by atoms with Gasteiger partial charge < -0.3 is 15.1 Å². The van der Waals surface area contributed by atoms with Gasteiger partial charge in [0.15, 0.2) is 0 Å². The second-order valence-electron chi connectivity index (χ2n) is 7.86. The molecule has 5 nitrogen and oxygen atoms in total. The van der Waals surface area contributed by atoms with Gasteiger partial charge in [-0.25, -0.2) is 0 Å². The third kappa shape index (κ3) is 5.33. The van der Waals surface area contributed by atoms with Crippen molar-refractivity contribution in [1.29, 1.82) is 0 Å². The van der Waals surface area contributed by atoms with Crippen LogP contribution in [0.15, 0.2) is 48.5 Å². The van der Waals surface area contributed by atoms with Gasteiger partial charge in [-0.2, -0.15) is 0 Å². The number of benzene rings is 2. The normalized spacial score (nSPS) is 11.0. The zero-order valence-corrected chi connectivity index (χ0v) is 17.0. The van der Waals surface area contributed by atoms with E-state index in [1.807, 2.05) is 67.5 Å². The van der Waals surface area contributed by atoms with Gasteiger partial charge in [0.05, 0.1) is 0 Å². The Hall–Kier alpha value is -2.82. The van der Waals surface area contributed by atoms with Gasteiger partial charge in [-0.05, 0) is 41.3 Å². The minimum absolute atomic E-state index is 0.0326.